The molecule has 364 valence electrons. The minimum Gasteiger partial charge on any atom is -0.444 e. The van der Waals surface area contributed by atoms with Crippen LogP contribution >= 0.6 is 0 Å². The molecule has 63 heavy (non-hydrogen) atoms. The van der Waals surface area contributed by atoms with Crippen molar-refractivity contribution in [3.8, 4) is 0 Å². The minimum atomic E-state index is -2.76. The third kappa shape index (κ3) is 15.3. The molecule has 2 aliphatic carbocycles. The Labute approximate surface area is 376 Å². The van der Waals surface area contributed by atoms with E-state index in [2.05, 4.69) is 21.3 Å². The smallest absolute Gasteiger partial charge is 0.408 e. The predicted molar refractivity (Wildman–Crippen MR) is 235 cm³/mol. The summed E-state index contributed by atoms with van der Waals surface area (Å²) >= 11 is 0. The fourth-order valence-electron chi connectivity index (χ4n) is 7.80. The van der Waals surface area contributed by atoms with Gasteiger partial charge in [-0.3, -0.25) is 0 Å². The van der Waals surface area contributed by atoms with Crippen molar-refractivity contribution in [2.75, 3.05) is 6.54 Å². The van der Waals surface area contributed by atoms with Crippen LogP contribution in [-0.4, -0.2) is 134 Å². The highest BCUT2D eigenvalue weighted by atomic mass is 28.4. The van der Waals surface area contributed by atoms with E-state index in [1.807, 2.05) is 33.9 Å². The molecule has 18 nitrogen and oxygen atoms in total. The second kappa shape index (κ2) is 19.5. The van der Waals surface area contributed by atoms with Gasteiger partial charge >= 0.3 is 24.4 Å². The quantitative estimate of drug-likeness (QED) is 0.117. The van der Waals surface area contributed by atoms with Gasteiger partial charge in [-0.15, -0.1) is 0 Å². The van der Waals surface area contributed by atoms with E-state index in [0.717, 1.165) is 19.3 Å². The van der Waals surface area contributed by atoms with Crippen molar-refractivity contribution in [1.82, 2.24) is 21.3 Å². The first-order chi connectivity index (χ1) is 28.6. The molecule has 2 saturated carbocycles. The molecule has 19 heteroatoms. The lowest BCUT2D eigenvalue weighted by Gasteiger charge is -2.51. The number of aliphatic hydroxyl groups excluding tert-OH is 1. The summed E-state index contributed by atoms with van der Waals surface area (Å²) in [6.07, 6.45) is -6.96. The molecule has 1 spiro atoms. The van der Waals surface area contributed by atoms with Crippen LogP contribution in [-0.2, 0) is 42.3 Å². The standard InChI is InChI=1S/C44H80N4O14Si/c1-39(2,3)58-35(50)45-24-27-29(49)32(62-63(16,17)43(13,14)15)28(48-38(53)61-42(10,11)12)34(54-27)55-30-25(46-36(51)59-40(4,5)6)23-26(47-37(52)60-41(7,8)9)31-33(30)57-44(56-31)21-19-18-20-22-44/h25-34,49H,18-24H2,1-17H3,(H,45,50)(H,46,51)(H,47,52)(H,48,53)/t25-,26+,27+,28+,29+,30+,31-,32+,33-,34+/m0/s1. The second-order valence-corrected chi connectivity index (χ2v) is 27.7. The number of hydrogen-bond acceptors (Lipinski definition) is 14. The van der Waals surface area contributed by atoms with Gasteiger partial charge in [0.05, 0.1) is 18.2 Å². The molecule has 0 aromatic rings. The molecule has 0 unspecified atom stereocenters. The molecular weight excluding hydrogens is 837 g/mol. The predicted octanol–water partition coefficient (Wildman–Crippen LogP) is 6.90. The maximum atomic E-state index is 13.8. The normalized spacial score (nSPS) is 30.4. The van der Waals surface area contributed by atoms with Gasteiger partial charge in [-0.2, -0.15) is 0 Å². The highest BCUT2D eigenvalue weighted by Crippen LogP contribution is 2.47. The summed E-state index contributed by atoms with van der Waals surface area (Å²) in [7, 11) is -2.76. The van der Waals surface area contributed by atoms with E-state index in [4.69, 9.17) is 42.3 Å². The van der Waals surface area contributed by atoms with Crippen LogP contribution < -0.4 is 21.3 Å². The Bertz CT molecular complexity index is 1590. The molecule has 4 fully saturated rings. The highest BCUT2D eigenvalue weighted by Gasteiger charge is 2.61. The average Bonchev–Trinajstić information content (AvgIpc) is 3.43. The van der Waals surface area contributed by atoms with Crippen LogP contribution in [0.25, 0.3) is 0 Å². The first-order valence-corrected chi connectivity index (χ1v) is 25.4. The van der Waals surface area contributed by atoms with Gasteiger partial charge in [0.2, 0.25) is 0 Å². The number of hydrogen-bond donors (Lipinski definition) is 5. The zero-order chi connectivity index (χ0) is 47.7. The van der Waals surface area contributed by atoms with Gasteiger partial charge in [0.1, 0.15) is 59.0 Å². The number of amides is 4. The SMILES string of the molecule is CC(C)(C)OC(=O)NC[C@H]1O[C@H](O[C@H]2[C@@H]3OC4(CCCCC4)O[C@H]3[C@H](NC(=O)OC(C)(C)C)C[C@@H]2NC(=O)OC(C)(C)C)[C@H](NC(=O)OC(C)(C)C)[C@@H](O[Si](C)(C)C(C)(C)C)[C@@H]1O. The molecule has 2 aliphatic heterocycles. The lowest BCUT2D eigenvalue weighted by molar-refractivity contribution is -0.290. The molecule has 0 bridgehead atoms. The number of rotatable bonds is 9. The van der Waals surface area contributed by atoms with Crippen LogP contribution in [0, 0.1) is 0 Å². The molecule has 2 heterocycles. The van der Waals surface area contributed by atoms with Gasteiger partial charge < -0.3 is 68.7 Å². The van der Waals surface area contributed by atoms with E-state index < -0.39 is 122 Å². The number of carbonyl (C=O) groups is 4. The van der Waals surface area contributed by atoms with Crippen molar-refractivity contribution in [3.63, 3.8) is 0 Å². The maximum absolute atomic E-state index is 13.8. The molecule has 0 aromatic heterocycles. The van der Waals surface area contributed by atoms with Gasteiger partial charge in [-0.1, -0.05) is 27.2 Å². The highest BCUT2D eigenvalue weighted by molar-refractivity contribution is 6.74. The largest absolute Gasteiger partial charge is 0.444 e. The summed E-state index contributed by atoms with van der Waals surface area (Å²) in [4.78, 5) is 53.8. The Hall–Kier alpha value is -2.94. The van der Waals surface area contributed by atoms with Crippen molar-refractivity contribution < 1.29 is 66.6 Å². The van der Waals surface area contributed by atoms with Crippen LogP contribution in [0.4, 0.5) is 19.2 Å². The number of nitrogens with one attached hydrogen (secondary N) is 4. The number of carbonyl (C=O) groups excluding carboxylic acids is 4. The molecule has 4 rings (SSSR count). The number of alkyl carbamates (subject to hydrolysis) is 4. The Morgan fingerprint density at radius 3 is 1.59 bits per heavy atom. The Kier molecular flexibility index (Phi) is 16.3. The van der Waals surface area contributed by atoms with Crippen molar-refractivity contribution in [2.45, 2.75) is 250 Å². The summed E-state index contributed by atoms with van der Waals surface area (Å²) < 4.78 is 57.1. The second-order valence-electron chi connectivity index (χ2n) is 22.9. The number of ether oxygens (including phenoxy) is 8. The topological polar surface area (TPSA) is 220 Å². The Balaban J connectivity index is 1.85. The van der Waals surface area contributed by atoms with Crippen molar-refractivity contribution in [3.05, 3.63) is 0 Å². The van der Waals surface area contributed by atoms with E-state index in [1.54, 1.807) is 83.1 Å². The molecule has 0 radical (unpaired) electrons. The minimum absolute atomic E-state index is 0.0801. The van der Waals surface area contributed by atoms with Gasteiger partial charge in [0.25, 0.3) is 0 Å². The fraction of sp³-hybridized carbons (Fsp3) is 0.909. The summed E-state index contributed by atoms with van der Waals surface area (Å²) in [5.74, 6) is -1.00. The van der Waals surface area contributed by atoms with Crippen molar-refractivity contribution in [2.24, 2.45) is 0 Å². The summed E-state index contributed by atoms with van der Waals surface area (Å²) in [6.45, 7) is 30.8. The first kappa shape index (κ1) is 52.7. The molecule has 4 amide bonds. The van der Waals surface area contributed by atoms with E-state index in [-0.39, 0.29) is 18.0 Å². The zero-order valence-electron chi connectivity index (χ0n) is 41.0. The van der Waals surface area contributed by atoms with Crippen LogP contribution in [0.1, 0.15) is 142 Å². The lowest BCUT2D eigenvalue weighted by Crippen LogP contribution is -2.71. The molecule has 0 aromatic carbocycles. The number of fused-ring (bicyclic) bond motifs is 1. The molecule has 4 aliphatic rings. The molecular formula is C44H80N4O14Si. The first-order valence-electron chi connectivity index (χ1n) is 22.5. The van der Waals surface area contributed by atoms with Crippen LogP contribution in [0.5, 0.6) is 0 Å². The van der Waals surface area contributed by atoms with E-state index in [9.17, 15) is 24.3 Å². The van der Waals surface area contributed by atoms with E-state index in [0.29, 0.717) is 12.8 Å². The zero-order valence-corrected chi connectivity index (χ0v) is 42.0. The lowest BCUT2D eigenvalue weighted by atomic mass is 9.83. The van der Waals surface area contributed by atoms with Crippen LogP contribution in [0.3, 0.4) is 0 Å². The van der Waals surface area contributed by atoms with E-state index in [1.165, 1.54) is 0 Å². The van der Waals surface area contributed by atoms with Crippen LogP contribution in [0.15, 0.2) is 0 Å². The fourth-order valence-corrected chi connectivity index (χ4v) is 9.12. The molecule has 5 N–H and O–H groups in total. The molecule has 2 saturated heterocycles. The van der Waals surface area contributed by atoms with Gasteiger partial charge in [0.15, 0.2) is 20.4 Å². The Morgan fingerprint density at radius 1 is 0.635 bits per heavy atom. The average molecular weight is 917 g/mol. The van der Waals surface area contributed by atoms with Gasteiger partial charge in [-0.25, -0.2) is 19.2 Å². The maximum Gasteiger partial charge on any atom is 0.408 e. The molecule has 10 atom stereocenters. The third-order valence-corrected chi connectivity index (χ3v) is 15.9. The monoisotopic (exact) mass is 917 g/mol. The number of aliphatic hydroxyl groups is 1. The third-order valence-electron chi connectivity index (χ3n) is 11.4. The summed E-state index contributed by atoms with van der Waals surface area (Å²) in [5, 5.41) is 23.4. The van der Waals surface area contributed by atoms with E-state index >= 15 is 0 Å². The summed E-state index contributed by atoms with van der Waals surface area (Å²) in [5.41, 5.74) is -3.37. The van der Waals surface area contributed by atoms with Crippen molar-refractivity contribution >= 4 is 32.7 Å². The van der Waals surface area contributed by atoms with Gasteiger partial charge in [-0.05, 0) is 120 Å². The summed E-state index contributed by atoms with van der Waals surface area (Å²) in [6, 6.07) is -2.86. The van der Waals surface area contributed by atoms with Crippen molar-refractivity contribution in [1.29, 1.82) is 0 Å². The van der Waals surface area contributed by atoms with Gasteiger partial charge in [0, 0.05) is 19.4 Å². The van der Waals surface area contributed by atoms with Crippen LogP contribution in [0.2, 0.25) is 18.1 Å². The Morgan fingerprint density at radius 2 is 1.10 bits per heavy atom.